The summed E-state index contributed by atoms with van der Waals surface area (Å²) in [5.74, 6) is -1.35. The van der Waals surface area contributed by atoms with E-state index in [1.165, 1.54) is 16.7 Å². The molecule has 3 heterocycles. The number of carbonyl (C=O) groups is 2. The molecule has 1 fully saturated rings. The lowest BCUT2D eigenvalue weighted by molar-refractivity contribution is -0.141. The van der Waals surface area contributed by atoms with E-state index in [1.807, 2.05) is 0 Å². The molecule has 98 valence electrons. The van der Waals surface area contributed by atoms with Crippen LogP contribution in [0.5, 0.6) is 0 Å². The molecular formula is C11H10N4O3S. The topological polar surface area (TPSA) is 88.3 Å². The van der Waals surface area contributed by atoms with E-state index in [9.17, 15) is 9.59 Å². The van der Waals surface area contributed by atoms with Crippen molar-refractivity contribution in [2.45, 2.75) is 12.3 Å². The monoisotopic (exact) mass is 278 g/mol. The van der Waals surface area contributed by atoms with Crippen LogP contribution in [0.2, 0.25) is 0 Å². The van der Waals surface area contributed by atoms with Gasteiger partial charge in [-0.25, -0.2) is 4.79 Å². The summed E-state index contributed by atoms with van der Waals surface area (Å²) in [7, 11) is 1.74. The van der Waals surface area contributed by atoms with Crippen molar-refractivity contribution in [2.24, 2.45) is 7.05 Å². The lowest BCUT2D eigenvalue weighted by Crippen LogP contribution is -2.51. The van der Waals surface area contributed by atoms with Crippen molar-refractivity contribution in [3.63, 3.8) is 0 Å². The summed E-state index contributed by atoms with van der Waals surface area (Å²) in [5, 5.41) is 16.5. The normalized spacial score (nSPS) is 23.9. The first-order valence-electron chi connectivity index (χ1n) is 5.51. The minimum Gasteiger partial charge on any atom is -0.477 e. The molecule has 7 nitrogen and oxygen atoms in total. The Morgan fingerprint density at radius 3 is 2.89 bits per heavy atom. The van der Waals surface area contributed by atoms with Gasteiger partial charge in [0.05, 0.1) is 11.8 Å². The van der Waals surface area contributed by atoms with Crippen LogP contribution in [0.3, 0.4) is 0 Å². The molecule has 1 aromatic heterocycles. The van der Waals surface area contributed by atoms with Gasteiger partial charge in [0.1, 0.15) is 16.8 Å². The van der Waals surface area contributed by atoms with E-state index in [1.54, 1.807) is 30.9 Å². The molecule has 1 N–H and O–H groups in total. The van der Waals surface area contributed by atoms with E-state index in [4.69, 9.17) is 5.11 Å². The number of allylic oxidation sites excluding steroid dienone is 1. The average molecular weight is 278 g/mol. The van der Waals surface area contributed by atoms with Crippen molar-refractivity contribution in [3.8, 4) is 0 Å². The van der Waals surface area contributed by atoms with Crippen LogP contribution >= 0.6 is 11.8 Å². The van der Waals surface area contributed by atoms with Crippen molar-refractivity contribution in [1.82, 2.24) is 19.9 Å². The van der Waals surface area contributed by atoms with Crippen LogP contribution in [-0.2, 0) is 16.6 Å². The lowest BCUT2D eigenvalue weighted by Gasteiger charge is -2.36. The molecule has 3 rings (SSSR count). The Bertz CT molecular complexity index is 661. The number of hydrogen-bond donors (Lipinski definition) is 1. The molecule has 2 aliphatic rings. The lowest BCUT2D eigenvalue weighted by atomic mass is 10.0. The third kappa shape index (κ3) is 1.67. The van der Waals surface area contributed by atoms with Crippen molar-refractivity contribution in [2.75, 3.05) is 0 Å². The van der Waals surface area contributed by atoms with E-state index in [0.717, 1.165) is 0 Å². The number of nitrogens with zero attached hydrogens (tertiary/aromatic N) is 4. The van der Waals surface area contributed by atoms with Crippen LogP contribution in [-0.4, -0.2) is 42.3 Å². The summed E-state index contributed by atoms with van der Waals surface area (Å²) in [6, 6.07) is 0. The first kappa shape index (κ1) is 12.0. The fourth-order valence-corrected chi connectivity index (χ4v) is 3.36. The maximum atomic E-state index is 12.0. The quantitative estimate of drug-likeness (QED) is 0.623. The highest BCUT2D eigenvalue weighted by atomic mass is 32.2. The van der Waals surface area contributed by atoms with Gasteiger partial charge in [-0.05, 0) is 13.0 Å². The van der Waals surface area contributed by atoms with Gasteiger partial charge in [0.25, 0.3) is 5.91 Å². The van der Waals surface area contributed by atoms with Gasteiger partial charge in [0.2, 0.25) is 0 Å². The van der Waals surface area contributed by atoms with Crippen molar-refractivity contribution >= 4 is 29.7 Å². The summed E-state index contributed by atoms with van der Waals surface area (Å²) in [6.45, 7) is 1.71. The molecule has 1 saturated heterocycles. The van der Waals surface area contributed by atoms with Gasteiger partial charge in [0, 0.05) is 12.0 Å². The number of thioether (sulfide) groups is 1. The van der Waals surface area contributed by atoms with Gasteiger partial charge in [-0.3, -0.25) is 14.4 Å². The third-order valence-corrected chi connectivity index (χ3v) is 4.19. The average Bonchev–Trinajstić information content (AvgIpc) is 2.88. The zero-order chi connectivity index (χ0) is 13.7. The summed E-state index contributed by atoms with van der Waals surface area (Å²) < 4.78 is 1.54. The Balaban J connectivity index is 1.90. The number of fused-ring (bicyclic) bond motifs is 1. The summed E-state index contributed by atoms with van der Waals surface area (Å²) in [6.07, 6.45) is 3.35. The second-order valence-electron chi connectivity index (χ2n) is 4.27. The molecule has 1 atom stereocenters. The summed E-state index contributed by atoms with van der Waals surface area (Å²) in [4.78, 5) is 25.1. The van der Waals surface area contributed by atoms with E-state index in [2.05, 4.69) is 10.3 Å². The Morgan fingerprint density at radius 2 is 2.32 bits per heavy atom. The highest BCUT2D eigenvalue weighted by molar-refractivity contribution is 8.04. The van der Waals surface area contributed by atoms with Crippen molar-refractivity contribution < 1.29 is 14.7 Å². The maximum absolute atomic E-state index is 12.0. The summed E-state index contributed by atoms with van der Waals surface area (Å²) >= 11 is 1.37. The molecule has 0 aromatic carbocycles. The van der Waals surface area contributed by atoms with Gasteiger partial charge in [-0.1, -0.05) is 17.0 Å². The number of carboxylic acid groups (broad SMARTS) is 1. The second-order valence-corrected chi connectivity index (χ2v) is 5.57. The van der Waals surface area contributed by atoms with Crippen molar-refractivity contribution in [1.29, 1.82) is 0 Å². The predicted octanol–water partition coefficient (Wildman–Crippen LogP) is 0.430. The molecule has 0 bridgehead atoms. The van der Waals surface area contributed by atoms with Crippen LogP contribution in [0, 0.1) is 0 Å². The predicted molar refractivity (Wildman–Crippen MR) is 67.5 cm³/mol. The fourth-order valence-electron chi connectivity index (χ4n) is 2.13. The highest BCUT2D eigenvalue weighted by Crippen LogP contribution is 2.49. The third-order valence-electron chi connectivity index (χ3n) is 2.96. The molecular weight excluding hydrogens is 268 g/mol. The molecule has 1 aromatic rings. The molecule has 2 aliphatic heterocycles. The van der Waals surface area contributed by atoms with Crippen LogP contribution in [0.15, 0.2) is 22.4 Å². The SMILES string of the molecule is CC1=C(C(=O)O)N2C(=O)/C(=C/c3cn(C)nn3)[C@H]2S1. The number of rotatable bonds is 2. The highest BCUT2D eigenvalue weighted by Gasteiger charge is 2.51. The molecule has 19 heavy (non-hydrogen) atoms. The Kier molecular flexibility index (Phi) is 2.49. The van der Waals surface area contributed by atoms with Gasteiger partial charge in [-0.15, -0.1) is 5.10 Å². The first-order chi connectivity index (χ1) is 8.99. The van der Waals surface area contributed by atoms with Crippen molar-refractivity contribution in [3.05, 3.63) is 28.1 Å². The number of aliphatic carboxylic acids is 1. The first-order valence-corrected chi connectivity index (χ1v) is 6.39. The van der Waals surface area contributed by atoms with Crippen LogP contribution in [0.25, 0.3) is 6.08 Å². The smallest absolute Gasteiger partial charge is 0.353 e. The largest absolute Gasteiger partial charge is 0.477 e. The van der Waals surface area contributed by atoms with Crippen LogP contribution in [0.4, 0.5) is 0 Å². The van der Waals surface area contributed by atoms with Crippen LogP contribution < -0.4 is 0 Å². The van der Waals surface area contributed by atoms with E-state index < -0.39 is 5.97 Å². The van der Waals surface area contributed by atoms with Gasteiger partial charge < -0.3 is 5.11 Å². The standard InChI is InChI=1S/C11H10N4O3S/c1-5-8(11(17)18)15-9(16)7(10(15)19-5)3-6-4-14(2)13-12-6/h3-4,10H,1-2H3,(H,17,18)/b7-3-/t10-/m1/s1. The summed E-state index contributed by atoms with van der Waals surface area (Å²) in [5.41, 5.74) is 1.23. The number of β-lactam (4-membered cyclic amide) rings is 1. The molecule has 8 heteroatoms. The molecule has 0 radical (unpaired) electrons. The van der Waals surface area contributed by atoms with Crippen LogP contribution in [0.1, 0.15) is 12.6 Å². The number of amides is 1. The van der Waals surface area contributed by atoms with E-state index in [-0.39, 0.29) is 17.0 Å². The molecule has 0 saturated carbocycles. The number of carbonyl (C=O) groups excluding carboxylic acids is 1. The Hall–Kier alpha value is -2.09. The minimum atomic E-state index is -1.07. The fraction of sp³-hybridized carbons (Fsp3) is 0.273. The number of aryl methyl sites for hydroxylation is 1. The van der Waals surface area contributed by atoms with E-state index in [0.29, 0.717) is 16.2 Å². The zero-order valence-corrected chi connectivity index (χ0v) is 11.0. The van der Waals surface area contributed by atoms with Gasteiger partial charge in [-0.2, -0.15) is 0 Å². The Labute approximate surface area is 112 Å². The van der Waals surface area contributed by atoms with E-state index >= 15 is 0 Å². The zero-order valence-electron chi connectivity index (χ0n) is 10.2. The number of hydrogen-bond acceptors (Lipinski definition) is 5. The minimum absolute atomic E-state index is 0.0799. The molecule has 0 unspecified atom stereocenters. The van der Waals surface area contributed by atoms with Gasteiger partial charge in [0.15, 0.2) is 0 Å². The van der Waals surface area contributed by atoms with Gasteiger partial charge >= 0.3 is 5.97 Å². The maximum Gasteiger partial charge on any atom is 0.353 e. The Morgan fingerprint density at radius 1 is 1.58 bits per heavy atom. The second kappa shape index (κ2) is 3.95. The molecule has 0 spiro atoms. The molecule has 1 amide bonds. The molecule has 0 aliphatic carbocycles. The number of aromatic nitrogens is 3. The number of carboxylic acids is 1.